The third-order valence-electron chi connectivity index (χ3n) is 4.32. The van der Waals surface area contributed by atoms with Gasteiger partial charge < -0.3 is 15.3 Å². The van der Waals surface area contributed by atoms with Gasteiger partial charge in [-0.25, -0.2) is 9.59 Å². The highest BCUT2D eigenvalue weighted by atomic mass is 16.4. The molecule has 1 heterocycles. The molecule has 1 aliphatic heterocycles. The number of benzene rings is 2. The molecule has 2 amide bonds. The maximum Gasteiger partial charge on any atom is 0.335 e. The number of carbonyl (C=O) groups is 2. The molecule has 0 aromatic heterocycles. The quantitative estimate of drug-likeness (QED) is 0.904. The van der Waals surface area contributed by atoms with Crippen molar-refractivity contribution in [2.24, 2.45) is 5.92 Å². The topological polar surface area (TPSA) is 69.6 Å². The average molecular weight is 324 g/mol. The van der Waals surface area contributed by atoms with Crippen molar-refractivity contribution in [3.63, 3.8) is 0 Å². The number of likely N-dealkylation sites (tertiary alicyclic amines) is 1. The van der Waals surface area contributed by atoms with Crippen LogP contribution in [0.3, 0.4) is 0 Å². The summed E-state index contributed by atoms with van der Waals surface area (Å²) in [5.74, 6) is -0.506. The van der Waals surface area contributed by atoms with Crippen molar-refractivity contribution in [1.29, 1.82) is 0 Å². The maximum atomic E-state index is 12.3. The normalized spacial score (nSPS) is 16.8. The van der Waals surface area contributed by atoms with Gasteiger partial charge >= 0.3 is 12.0 Å². The molecule has 0 saturated carbocycles. The minimum Gasteiger partial charge on any atom is -0.478 e. The predicted molar refractivity (Wildman–Crippen MR) is 92.2 cm³/mol. The van der Waals surface area contributed by atoms with Crippen LogP contribution in [-0.4, -0.2) is 35.1 Å². The molecular formula is C19H20N2O3. The third kappa shape index (κ3) is 3.93. The monoisotopic (exact) mass is 324 g/mol. The van der Waals surface area contributed by atoms with E-state index in [-0.39, 0.29) is 6.03 Å². The van der Waals surface area contributed by atoms with Crippen molar-refractivity contribution in [1.82, 2.24) is 4.90 Å². The zero-order chi connectivity index (χ0) is 16.9. The lowest BCUT2D eigenvalue weighted by atomic mass is 9.98. The van der Waals surface area contributed by atoms with E-state index in [9.17, 15) is 9.59 Å². The highest BCUT2D eigenvalue weighted by molar-refractivity contribution is 5.89. The SMILES string of the molecule is O=C(O)c1ccc(C[C@H]2CCN(C(=O)Nc3ccccc3)C2)cc1. The van der Waals surface area contributed by atoms with Gasteiger partial charge in [-0.3, -0.25) is 0 Å². The summed E-state index contributed by atoms with van der Waals surface area (Å²) in [7, 11) is 0. The molecule has 1 aliphatic rings. The summed E-state index contributed by atoms with van der Waals surface area (Å²) in [6.07, 6.45) is 1.82. The lowest BCUT2D eigenvalue weighted by molar-refractivity contribution is 0.0697. The molecule has 124 valence electrons. The van der Waals surface area contributed by atoms with Crippen molar-refractivity contribution < 1.29 is 14.7 Å². The lowest BCUT2D eigenvalue weighted by Gasteiger charge is -2.17. The first-order valence-corrected chi connectivity index (χ1v) is 8.05. The van der Waals surface area contributed by atoms with Crippen LogP contribution in [0.1, 0.15) is 22.3 Å². The van der Waals surface area contributed by atoms with E-state index in [4.69, 9.17) is 5.11 Å². The lowest BCUT2D eigenvalue weighted by Crippen LogP contribution is -2.33. The van der Waals surface area contributed by atoms with Gasteiger partial charge in [-0.15, -0.1) is 0 Å². The molecule has 0 unspecified atom stereocenters. The van der Waals surface area contributed by atoms with Crippen molar-refractivity contribution in [3.8, 4) is 0 Å². The minimum atomic E-state index is -0.911. The minimum absolute atomic E-state index is 0.0649. The molecule has 5 heteroatoms. The van der Waals surface area contributed by atoms with Crippen LogP contribution in [0.5, 0.6) is 0 Å². The molecule has 1 saturated heterocycles. The number of rotatable bonds is 4. The van der Waals surface area contributed by atoms with Crippen molar-refractivity contribution in [2.75, 3.05) is 18.4 Å². The first kappa shape index (κ1) is 16.1. The second kappa shape index (κ2) is 7.17. The van der Waals surface area contributed by atoms with Crippen molar-refractivity contribution in [3.05, 3.63) is 65.7 Å². The van der Waals surface area contributed by atoms with Crippen LogP contribution in [0.4, 0.5) is 10.5 Å². The Balaban J connectivity index is 1.53. The van der Waals surface area contributed by atoms with Gasteiger partial charge in [-0.2, -0.15) is 0 Å². The molecule has 0 spiro atoms. The van der Waals surface area contributed by atoms with Gasteiger partial charge in [0.2, 0.25) is 0 Å². The van der Waals surface area contributed by atoms with E-state index in [1.165, 1.54) is 0 Å². The second-order valence-electron chi connectivity index (χ2n) is 6.10. The van der Waals surface area contributed by atoms with Gasteiger partial charge in [0.05, 0.1) is 5.56 Å². The standard InChI is InChI=1S/C19H20N2O3/c22-18(23)16-8-6-14(7-9-16)12-15-10-11-21(13-15)19(24)20-17-4-2-1-3-5-17/h1-9,15H,10-13H2,(H,20,24)(H,22,23)/t15-/m1/s1. The average Bonchev–Trinajstić information content (AvgIpc) is 3.05. The Morgan fingerprint density at radius 3 is 2.46 bits per heavy atom. The van der Waals surface area contributed by atoms with Crippen LogP contribution in [0.25, 0.3) is 0 Å². The summed E-state index contributed by atoms with van der Waals surface area (Å²) < 4.78 is 0. The Bertz CT molecular complexity index is 713. The number of hydrogen-bond donors (Lipinski definition) is 2. The van der Waals surface area contributed by atoms with Gasteiger partial charge in [-0.1, -0.05) is 30.3 Å². The molecule has 0 aliphatic carbocycles. The van der Waals surface area contributed by atoms with Gasteiger partial charge in [-0.05, 0) is 48.6 Å². The molecule has 24 heavy (non-hydrogen) atoms. The number of anilines is 1. The molecule has 0 bridgehead atoms. The van der Waals surface area contributed by atoms with Gasteiger partial charge in [0.15, 0.2) is 0 Å². The van der Waals surface area contributed by atoms with E-state index in [1.54, 1.807) is 12.1 Å². The summed E-state index contributed by atoms with van der Waals surface area (Å²) in [6, 6.07) is 16.4. The van der Waals surface area contributed by atoms with Gasteiger partial charge in [0.25, 0.3) is 0 Å². The van der Waals surface area contributed by atoms with Crippen LogP contribution in [0.2, 0.25) is 0 Å². The molecule has 1 atom stereocenters. The molecule has 5 nitrogen and oxygen atoms in total. The Labute approximate surface area is 140 Å². The number of hydrogen-bond acceptors (Lipinski definition) is 2. The zero-order valence-electron chi connectivity index (χ0n) is 13.3. The molecular weight excluding hydrogens is 304 g/mol. The first-order valence-electron chi connectivity index (χ1n) is 8.05. The summed E-state index contributed by atoms with van der Waals surface area (Å²) in [5, 5.41) is 11.8. The van der Waals surface area contributed by atoms with E-state index in [0.717, 1.165) is 37.2 Å². The highest BCUT2D eigenvalue weighted by Crippen LogP contribution is 2.22. The number of para-hydroxylation sites is 1. The Morgan fingerprint density at radius 1 is 1.08 bits per heavy atom. The Morgan fingerprint density at radius 2 is 1.79 bits per heavy atom. The molecule has 2 aromatic carbocycles. The highest BCUT2D eigenvalue weighted by Gasteiger charge is 2.26. The fourth-order valence-electron chi connectivity index (χ4n) is 3.02. The number of nitrogens with one attached hydrogen (secondary N) is 1. The molecule has 2 N–H and O–H groups in total. The smallest absolute Gasteiger partial charge is 0.335 e. The van der Waals surface area contributed by atoms with E-state index in [0.29, 0.717) is 11.5 Å². The van der Waals surface area contributed by atoms with Crippen molar-refractivity contribution >= 4 is 17.7 Å². The summed E-state index contributed by atoms with van der Waals surface area (Å²) in [6.45, 7) is 1.47. The van der Waals surface area contributed by atoms with E-state index >= 15 is 0 Å². The largest absolute Gasteiger partial charge is 0.478 e. The van der Waals surface area contributed by atoms with Crippen LogP contribution in [0.15, 0.2) is 54.6 Å². The van der Waals surface area contributed by atoms with Crippen LogP contribution < -0.4 is 5.32 Å². The van der Waals surface area contributed by atoms with Crippen LogP contribution in [-0.2, 0) is 6.42 Å². The fourth-order valence-corrected chi connectivity index (χ4v) is 3.02. The molecule has 2 aromatic rings. The zero-order valence-corrected chi connectivity index (χ0v) is 13.3. The number of aromatic carboxylic acids is 1. The number of nitrogens with zero attached hydrogens (tertiary/aromatic N) is 1. The first-order chi connectivity index (χ1) is 11.6. The summed E-state index contributed by atoms with van der Waals surface area (Å²) >= 11 is 0. The summed E-state index contributed by atoms with van der Waals surface area (Å²) in [4.78, 5) is 25.0. The van der Waals surface area contributed by atoms with Crippen molar-refractivity contribution in [2.45, 2.75) is 12.8 Å². The van der Waals surface area contributed by atoms with E-state index in [2.05, 4.69) is 5.32 Å². The van der Waals surface area contributed by atoms with Gasteiger partial charge in [0, 0.05) is 18.8 Å². The van der Waals surface area contributed by atoms with Crippen LogP contribution >= 0.6 is 0 Å². The Hall–Kier alpha value is -2.82. The number of carbonyl (C=O) groups excluding carboxylic acids is 1. The predicted octanol–water partition coefficient (Wildman–Crippen LogP) is 3.48. The van der Waals surface area contributed by atoms with E-state index < -0.39 is 5.97 Å². The number of amides is 2. The number of carboxylic acid groups (broad SMARTS) is 1. The molecule has 0 radical (unpaired) electrons. The second-order valence-corrected chi connectivity index (χ2v) is 6.10. The fraction of sp³-hybridized carbons (Fsp3) is 0.263. The number of carboxylic acids is 1. The molecule has 3 rings (SSSR count). The number of urea groups is 1. The van der Waals surface area contributed by atoms with Crippen LogP contribution in [0, 0.1) is 5.92 Å². The maximum absolute atomic E-state index is 12.3. The molecule has 1 fully saturated rings. The summed E-state index contributed by atoms with van der Waals surface area (Å²) in [5.41, 5.74) is 2.21. The van der Waals surface area contributed by atoms with Gasteiger partial charge in [0.1, 0.15) is 0 Å². The third-order valence-corrected chi connectivity index (χ3v) is 4.32. The van der Waals surface area contributed by atoms with E-state index in [1.807, 2.05) is 47.4 Å². The Kier molecular flexibility index (Phi) is 4.79.